The highest BCUT2D eigenvalue weighted by Crippen LogP contribution is 2.14. The summed E-state index contributed by atoms with van der Waals surface area (Å²) >= 11 is 0. The lowest BCUT2D eigenvalue weighted by molar-refractivity contribution is -0.142. The maximum atomic E-state index is 12.2. The number of carbonyl (C=O) groups excluding carboxylic acids is 2. The Hall–Kier alpha value is -1.14. The van der Waals surface area contributed by atoms with Crippen molar-refractivity contribution in [3.05, 3.63) is 0 Å². The van der Waals surface area contributed by atoms with Crippen molar-refractivity contribution < 1.29 is 14.7 Å². The molecule has 0 aromatic carbocycles. The van der Waals surface area contributed by atoms with Crippen LogP contribution < -0.4 is 5.32 Å². The van der Waals surface area contributed by atoms with E-state index in [1.165, 1.54) is 0 Å². The second-order valence-electron chi connectivity index (χ2n) is 6.34. The summed E-state index contributed by atoms with van der Waals surface area (Å²) in [6, 6.07) is -0.0337. The second kappa shape index (κ2) is 6.10. The fraction of sp³-hybridized carbons (Fsp3) is 0.857. The highest BCUT2D eigenvalue weighted by molar-refractivity contribution is 5.83. The first-order valence-corrected chi connectivity index (χ1v) is 7.39. The molecule has 6 heteroatoms. The van der Waals surface area contributed by atoms with Crippen molar-refractivity contribution in [1.29, 1.82) is 0 Å². The molecule has 2 heterocycles. The lowest BCUT2D eigenvalue weighted by Crippen LogP contribution is -2.54. The minimum absolute atomic E-state index is 0.0337. The Balaban J connectivity index is 1.80. The van der Waals surface area contributed by atoms with Crippen LogP contribution in [0.1, 0.15) is 33.1 Å². The Morgan fingerprint density at radius 2 is 1.80 bits per heavy atom. The van der Waals surface area contributed by atoms with Gasteiger partial charge in [-0.3, -0.25) is 9.59 Å². The summed E-state index contributed by atoms with van der Waals surface area (Å²) in [5, 5.41) is 12.9. The number of rotatable bonds is 3. The molecule has 2 fully saturated rings. The van der Waals surface area contributed by atoms with Gasteiger partial charge in [-0.1, -0.05) is 0 Å². The van der Waals surface area contributed by atoms with Crippen LogP contribution in [0, 0.1) is 0 Å². The fourth-order valence-electron chi connectivity index (χ4n) is 2.77. The highest BCUT2D eigenvalue weighted by atomic mass is 16.3. The minimum atomic E-state index is -0.974. The molecule has 0 radical (unpaired) electrons. The van der Waals surface area contributed by atoms with Gasteiger partial charge in [0.25, 0.3) is 0 Å². The summed E-state index contributed by atoms with van der Waals surface area (Å²) in [7, 11) is 0. The minimum Gasteiger partial charge on any atom is -0.390 e. The summed E-state index contributed by atoms with van der Waals surface area (Å²) < 4.78 is 0. The van der Waals surface area contributed by atoms with E-state index in [9.17, 15) is 14.7 Å². The van der Waals surface area contributed by atoms with Gasteiger partial charge in [0.05, 0.1) is 18.1 Å². The molecule has 0 aromatic heterocycles. The second-order valence-corrected chi connectivity index (χ2v) is 6.34. The van der Waals surface area contributed by atoms with Gasteiger partial charge in [-0.2, -0.15) is 0 Å². The summed E-state index contributed by atoms with van der Waals surface area (Å²) in [6.45, 7) is 6.50. The van der Waals surface area contributed by atoms with E-state index in [0.29, 0.717) is 26.2 Å². The Morgan fingerprint density at radius 3 is 2.30 bits per heavy atom. The van der Waals surface area contributed by atoms with Crippen molar-refractivity contribution in [2.24, 2.45) is 0 Å². The first-order valence-electron chi connectivity index (χ1n) is 7.39. The maximum absolute atomic E-state index is 12.2. The Kier molecular flexibility index (Phi) is 4.65. The van der Waals surface area contributed by atoms with Crippen LogP contribution in [0.5, 0.6) is 0 Å². The van der Waals surface area contributed by atoms with Gasteiger partial charge in [0.2, 0.25) is 11.8 Å². The molecule has 0 saturated carbocycles. The topological polar surface area (TPSA) is 72.9 Å². The molecule has 2 aliphatic rings. The van der Waals surface area contributed by atoms with Crippen LogP contribution in [-0.4, -0.2) is 71.1 Å². The highest BCUT2D eigenvalue weighted by Gasteiger charge is 2.31. The first kappa shape index (κ1) is 15.3. The first-order chi connectivity index (χ1) is 9.37. The molecule has 20 heavy (non-hydrogen) atoms. The van der Waals surface area contributed by atoms with Gasteiger partial charge in [0.1, 0.15) is 0 Å². The number of hydrogen-bond acceptors (Lipinski definition) is 4. The smallest absolute Gasteiger partial charge is 0.239 e. The van der Waals surface area contributed by atoms with Crippen LogP contribution in [0.3, 0.4) is 0 Å². The molecule has 0 bridgehead atoms. The molecule has 6 nitrogen and oxygen atoms in total. The van der Waals surface area contributed by atoms with Crippen molar-refractivity contribution >= 4 is 11.8 Å². The van der Waals surface area contributed by atoms with Gasteiger partial charge in [0, 0.05) is 26.2 Å². The van der Waals surface area contributed by atoms with E-state index >= 15 is 0 Å². The Bertz CT molecular complexity index is 364. The Labute approximate surface area is 120 Å². The van der Waals surface area contributed by atoms with Crippen LogP contribution in [0.25, 0.3) is 0 Å². The largest absolute Gasteiger partial charge is 0.390 e. The third-order valence-corrected chi connectivity index (χ3v) is 3.89. The van der Waals surface area contributed by atoms with E-state index in [0.717, 1.165) is 19.4 Å². The number of carbonyl (C=O) groups is 2. The van der Waals surface area contributed by atoms with Gasteiger partial charge in [-0.05, 0) is 33.2 Å². The van der Waals surface area contributed by atoms with E-state index < -0.39 is 5.60 Å². The SMILES string of the molecule is CC(C)(O)CC(=O)N1CCN(C(=O)[C@@H]2CCCN2)CC1. The molecule has 0 unspecified atom stereocenters. The van der Waals surface area contributed by atoms with E-state index in [1.54, 1.807) is 18.7 Å². The molecular formula is C14H25N3O3. The van der Waals surface area contributed by atoms with Crippen LogP contribution in [0.15, 0.2) is 0 Å². The molecule has 0 spiro atoms. The van der Waals surface area contributed by atoms with Gasteiger partial charge >= 0.3 is 0 Å². The zero-order valence-electron chi connectivity index (χ0n) is 12.4. The molecule has 0 aliphatic carbocycles. The van der Waals surface area contributed by atoms with E-state index in [2.05, 4.69) is 5.32 Å². The van der Waals surface area contributed by atoms with E-state index in [4.69, 9.17) is 0 Å². The number of nitrogens with one attached hydrogen (secondary N) is 1. The number of hydrogen-bond donors (Lipinski definition) is 2. The monoisotopic (exact) mass is 283 g/mol. The van der Waals surface area contributed by atoms with Crippen molar-refractivity contribution in [3.63, 3.8) is 0 Å². The lowest BCUT2D eigenvalue weighted by atomic mass is 10.0. The molecule has 2 saturated heterocycles. The average molecular weight is 283 g/mol. The number of amides is 2. The summed E-state index contributed by atoms with van der Waals surface area (Å²) in [5.41, 5.74) is -0.974. The summed E-state index contributed by atoms with van der Waals surface area (Å²) in [4.78, 5) is 27.8. The predicted molar refractivity (Wildman–Crippen MR) is 75.1 cm³/mol. The van der Waals surface area contributed by atoms with Crippen LogP contribution in [-0.2, 0) is 9.59 Å². The number of nitrogens with zero attached hydrogens (tertiary/aromatic N) is 2. The molecule has 0 aromatic rings. The molecule has 2 rings (SSSR count). The van der Waals surface area contributed by atoms with Crippen LogP contribution >= 0.6 is 0 Å². The average Bonchev–Trinajstić information content (AvgIpc) is 2.90. The van der Waals surface area contributed by atoms with E-state index in [1.807, 2.05) is 4.90 Å². The van der Waals surface area contributed by atoms with Gasteiger partial charge in [-0.25, -0.2) is 0 Å². The zero-order valence-corrected chi connectivity index (χ0v) is 12.4. The van der Waals surface area contributed by atoms with Gasteiger partial charge in [0.15, 0.2) is 0 Å². The molecule has 114 valence electrons. The van der Waals surface area contributed by atoms with Crippen LogP contribution in [0.2, 0.25) is 0 Å². The Morgan fingerprint density at radius 1 is 1.20 bits per heavy atom. The quantitative estimate of drug-likeness (QED) is 0.737. The maximum Gasteiger partial charge on any atom is 0.239 e. The van der Waals surface area contributed by atoms with Crippen molar-refractivity contribution in [2.75, 3.05) is 32.7 Å². The third-order valence-electron chi connectivity index (χ3n) is 3.89. The molecule has 2 aliphatic heterocycles. The zero-order chi connectivity index (χ0) is 14.8. The van der Waals surface area contributed by atoms with Crippen LogP contribution in [0.4, 0.5) is 0 Å². The fourth-order valence-corrected chi connectivity index (χ4v) is 2.77. The van der Waals surface area contributed by atoms with Gasteiger partial charge < -0.3 is 20.2 Å². The molecule has 2 amide bonds. The van der Waals surface area contributed by atoms with Crippen molar-refractivity contribution in [2.45, 2.75) is 44.8 Å². The molecular weight excluding hydrogens is 258 g/mol. The van der Waals surface area contributed by atoms with E-state index in [-0.39, 0.29) is 24.3 Å². The number of aliphatic hydroxyl groups is 1. The predicted octanol–water partition coefficient (Wildman–Crippen LogP) is -0.430. The number of piperazine rings is 1. The van der Waals surface area contributed by atoms with Crippen molar-refractivity contribution in [3.8, 4) is 0 Å². The van der Waals surface area contributed by atoms with Gasteiger partial charge in [-0.15, -0.1) is 0 Å². The summed E-state index contributed by atoms with van der Waals surface area (Å²) in [5.74, 6) is 0.126. The molecule has 1 atom stereocenters. The van der Waals surface area contributed by atoms with Crippen molar-refractivity contribution in [1.82, 2.24) is 15.1 Å². The molecule has 2 N–H and O–H groups in total. The third kappa shape index (κ3) is 3.93. The lowest BCUT2D eigenvalue weighted by Gasteiger charge is -2.36. The summed E-state index contributed by atoms with van der Waals surface area (Å²) in [6.07, 6.45) is 2.10. The standard InChI is InChI=1S/C14H25N3O3/c1-14(2,20)10-12(18)16-6-8-17(9-7-16)13(19)11-4-3-5-15-11/h11,15,20H,3-10H2,1-2H3/t11-/m0/s1. The normalized spacial score (nSPS) is 24.1.